The van der Waals surface area contributed by atoms with Crippen molar-refractivity contribution in [3.63, 3.8) is 0 Å². The summed E-state index contributed by atoms with van der Waals surface area (Å²) in [7, 11) is 2.01. The second-order valence-electron chi connectivity index (χ2n) is 4.82. The summed E-state index contributed by atoms with van der Waals surface area (Å²) in [6, 6.07) is 2.40. The summed E-state index contributed by atoms with van der Waals surface area (Å²) in [5, 5.41) is 7.35. The van der Waals surface area contributed by atoms with Gasteiger partial charge in [0.2, 0.25) is 11.7 Å². The zero-order chi connectivity index (χ0) is 12.4. The zero-order valence-electron chi connectivity index (χ0n) is 10.4. The average molecular weight is 247 g/mol. The Morgan fingerprint density at radius 2 is 2.33 bits per heavy atom. The maximum Gasteiger partial charge on any atom is 0.230 e. The number of hydrogen-bond donors (Lipinski definition) is 1. The smallest absolute Gasteiger partial charge is 0.230 e. The lowest BCUT2D eigenvalue weighted by Crippen LogP contribution is -2.30. The van der Waals surface area contributed by atoms with E-state index in [4.69, 9.17) is 8.94 Å². The fraction of sp³-hybridized carbons (Fsp3) is 0.538. The molecule has 0 radical (unpaired) electrons. The lowest BCUT2D eigenvalue weighted by molar-refractivity contribution is 0.284. The van der Waals surface area contributed by atoms with Gasteiger partial charge in [0.15, 0.2) is 0 Å². The van der Waals surface area contributed by atoms with E-state index in [1.807, 2.05) is 13.1 Å². The predicted molar refractivity (Wildman–Crippen MR) is 66.1 cm³/mol. The zero-order valence-corrected chi connectivity index (χ0v) is 10.4. The summed E-state index contributed by atoms with van der Waals surface area (Å²) in [6.45, 7) is 0. The molecule has 18 heavy (non-hydrogen) atoms. The summed E-state index contributed by atoms with van der Waals surface area (Å²) in [5.41, 5.74) is 0.867. The van der Waals surface area contributed by atoms with Gasteiger partial charge in [-0.2, -0.15) is 4.98 Å². The molecule has 5 nitrogen and oxygen atoms in total. The molecule has 1 fully saturated rings. The first kappa shape index (κ1) is 11.5. The van der Waals surface area contributed by atoms with Crippen molar-refractivity contribution in [1.82, 2.24) is 15.5 Å². The second kappa shape index (κ2) is 4.94. The lowest BCUT2D eigenvalue weighted by atomic mass is 9.86. The summed E-state index contributed by atoms with van der Waals surface area (Å²) in [4.78, 5) is 4.48. The third kappa shape index (κ3) is 2.18. The fourth-order valence-electron chi connectivity index (χ4n) is 2.59. The van der Waals surface area contributed by atoms with Gasteiger partial charge < -0.3 is 14.3 Å². The van der Waals surface area contributed by atoms with Crippen molar-refractivity contribution in [1.29, 1.82) is 0 Å². The molecule has 0 bridgehead atoms. The van der Waals surface area contributed by atoms with E-state index in [1.54, 1.807) is 12.5 Å². The van der Waals surface area contributed by atoms with Gasteiger partial charge in [-0.3, -0.25) is 0 Å². The first-order valence-corrected chi connectivity index (χ1v) is 6.40. The van der Waals surface area contributed by atoms with E-state index in [-0.39, 0.29) is 0 Å². The molecule has 1 saturated carbocycles. The Morgan fingerprint density at radius 1 is 1.39 bits per heavy atom. The standard InChI is InChI=1S/C13H17N3O2/c1-14-11-4-2-3-9(7-11)13-15-12(16-18-13)10-5-6-17-8-10/h5-6,8-9,11,14H,2-4,7H2,1H3. The van der Waals surface area contributed by atoms with E-state index in [0.29, 0.717) is 17.8 Å². The summed E-state index contributed by atoms with van der Waals surface area (Å²) in [6.07, 6.45) is 7.89. The monoisotopic (exact) mass is 247 g/mol. The normalized spacial score (nSPS) is 24.3. The summed E-state index contributed by atoms with van der Waals surface area (Å²) in [5.74, 6) is 1.75. The molecular weight excluding hydrogens is 230 g/mol. The maximum atomic E-state index is 5.39. The van der Waals surface area contributed by atoms with Crippen molar-refractivity contribution in [3.8, 4) is 11.4 Å². The molecule has 2 aromatic rings. The van der Waals surface area contributed by atoms with E-state index >= 15 is 0 Å². The minimum absolute atomic E-state index is 0.379. The van der Waals surface area contributed by atoms with Crippen LogP contribution in [0.15, 0.2) is 27.5 Å². The van der Waals surface area contributed by atoms with Crippen molar-refractivity contribution in [2.75, 3.05) is 7.05 Å². The van der Waals surface area contributed by atoms with Gasteiger partial charge >= 0.3 is 0 Å². The van der Waals surface area contributed by atoms with Gasteiger partial charge in [-0.05, 0) is 32.4 Å². The first-order chi connectivity index (χ1) is 8.86. The van der Waals surface area contributed by atoms with Gasteiger partial charge in [0.25, 0.3) is 0 Å². The Morgan fingerprint density at radius 3 is 3.11 bits per heavy atom. The lowest BCUT2D eigenvalue weighted by Gasteiger charge is -2.26. The number of hydrogen-bond acceptors (Lipinski definition) is 5. The second-order valence-corrected chi connectivity index (χ2v) is 4.82. The van der Waals surface area contributed by atoms with E-state index in [1.165, 1.54) is 12.8 Å². The van der Waals surface area contributed by atoms with Crippen LogP contribution < -0.4 is 5.32 Å². The third-order valence-electron chi connectivity index (χ3n) is 3.65. The van der Waals surface area contributed by atoms with Gasteiger partial charge in [-0.25, -0.2) is 0 Å². The van der Waals surface area contributed by atoms with Gasteiger partial charge in [0.1, 0.15) is 6.26 Å². The van der Waals surface area contributed by atoms with Crippen LogP contribution >= 0.6 is 0 Å². The molecule has 0 amide bonds. The van der Waals surface area contributed by atoms with Crippen molar-refractivity contribution in [3.05, 3.63) is 24.5 Å². The van der Waals surface area contributed by atoms with Crippen LogP contribution in [0.2, 0.25) is 0 Å². The van der Waals surface area contributed by atoms with Gasteiger partial charge in [-0.15, -0.1) is 0 Å². The quantitative estimate of drug-likeness (QED) is 0.903. The topological polar surface area (TPSA) is 64.1 Å². The summed E-state index contributed by atoms with van der Waals surface area (Å²) >= 11 is 0. The highest BCUT2D eigenvalue weighted by molar-refractivity contribution is 5.51. The Bertz CT molecular complexity index is 492. The number of nitrogens with zero attached hydrogens (tertiary/aromatic N) is 2. The average Bonchev–Trinajstić information content (AvgIpc) is 3.09. The molecule has 2 atom stereocenters. The molecule has 0 spiro atoms. The minimum atomic E-state index is 0.379. The molecule has 96 valence electrons. The van der Waals surface area contributed by atoms with Crippen LogP contribution in [0.1, 0.15) is 37.5 Å². The number of nitrogens with one attached hydrogen (secondary N) is 1. The number of furan rings is 1. The third-order valence-corrected chi connectivity index (χ3v) is 3.65. The van der Waals surface area contributed by atoms with Crippen LogP contribution in [-0.4, -0.2) is 23.2 Å². The highest BCUT2D eigenvalue weighted by Gasteiger charge is 2.26. The predicted octanol–water partition coefficient (Wildman–Crippen LogP) is 2.58. The van der Waals surface area contributed by atoms with E-state index < -0.39 is 0 Å². The molecule has 0 saturated heterocycles. The van der Waals surface area contributed by atoms with Crippen molar-refractivity contribution >= 4 is 0 Å². The largest absolute Gasteiger partial charge is 0.472 e. The molecule has 1 aliphatic carbocycles. The molecule has 0 aromatic carbocycles. The Kier molecular flexibility index (Phi) is 3.15. The summed E-state index contributed by atoms with van der Waals surface area (Å²) < 4.78 is 10.4. The van der Waals surface area contributed by atoms with Gasteiger partial charge in [0.05, 0.1) is 11.8 Å². The highest BCUT2D eigenvalue weighted by Crippen LogP contribution is 2.32. The van der Waals surface area contributed by atoms with E-state index in [9.17, 15) is 0 Å². The SMILES string of the molecule is CNC1CCCC(c2nc(-c3ccoc3)no2)C1. The Labute approximate surface area is 106 Å². The molecule has 1 aliphatic rings. The molecule has 2 aromatic heterocycles. The van der Waals surface area contributed by atoms with Gasteiger partial charge in [-0.1, -0.05) is 11.6 Å². The van der Waals surface area contributed by atoms with Crippen molar-refractivity contribution < 1.29 is 8.94 Å². The highest BCUT2D eigenvalue weighted by atomic mass is 16.5. The van der Waals surface area contributed by atoms with Crippen LogP contribution in [0.3, 0.4) is 0 Å². The molecule has 0 aliphatic heterocycles. The number of aromatic nitrogens is 2. The van der Waals surface area contributed by atoms with Crippen LogP contribution in [-0.2, 0) is 0 Å². The van der Waals surface area contributed by atoms with Crippen LogP contribution in [0.25, 0.3) is 11.4 Å². The first-order valence-electron chi connectivity index (χ1n) is 6.40. The molecule has 1 N–H and O–H groups in total. The molecule has 2 heterocycles. The molecular formula is C13H17N3O2. The Balaban J connectivity index is 1.77. The van der Waals surface area contributed by atoms with Crippen molar-refractivity contribution in [2.24, 2.45) is 0 Å². The van der Waals surface area contributed by atoms with Crippen molar-refractivity contribution in [2.45, 2.75) is 37.6 Å². The molecule has 2 unspecified atom stereocenters. The number of rotatable bonds is 3. The van der Waals surface area contributed by atoms with Crippen LogP contribution in [0.4, 0.5) is 0 Å². The van der Waals surface area contributed by atoms with E-state index in [2.05, 4.69) is 15.5 Å². The minimum Gasteiger partial charge on any atom is -0.472 e. The Hall–Kier alpha value is -1.62. The van der Waals surface area contributed by atoms with E-state index in [0.717, 1.165) is 24.3 Å². The maximum absolute atomic E-state index is 5.39. The fourth-order valence-corrected chi connectivity index (χ4v) is 2.59. The van der Waals surface area contributed by atoms with Crippen LogP contribution in [0.5, 0.6) is 0 Å². The molecule has 3 rings (SSSR count). The van der Waals surface area contributed by atoms with Crippen LogP contribution in [0, 0.1) is 0 Å². The molecule has 5 heteroatoms. The van der Waals surface area contributed by atoms with Gasteiger partial charge in [0, 0.05) is 12.0 Å².